The summed E-state index contributed by atoms with van der Waals surface area (Å²) in [4.78, 5) is 11.4. The second-order valence-electron chi connectivity index (χ2n) is 5.08. The monoisotopic (exact) mass is 277 g/mol. The second-order valence-corrected chi connectivity index (χ2v) is 5.08. The molecule has 0 fully saturated rings. The highest BCUT2D eigenvalue weighted by Crippen LogP contribution is 2.27. The maximum Gasteiger partial charge on any atom is 0.234 e. The van der Waals surface area contributed by atoms with Crippen molar-refractivity contribution in [2.45, 2.75) is 24.9 Å². The predicted octanol–water partition coefficient (Wildman–Crippen LogP) is 0.353. The Kier molecular flexibility index (Phi) is 5.52. The number of nitrogens with one attached hydrogen (secondary N) is 2. The van der Waals surface area contributed by atoms with E-state index in [1.54, 1.807) is 0 Å². The van der Waals surface area contributed by atoms with Gasteiger partial charge in [0, 0.05) is 19.2 Å². The van der Waals surface area contributed by atoms with E-state index in [2.05, 4.69) is 22.8 Å². The van der Waals surface area contributed by atoms with Crippen LogP contribution in [0.15, 0.2) is 24.3 Å². The summed E-state index contributed by atoms with van der Waals surface area (Å²) in [5.41, 5.74) is 7.90. The minimum absolute atomic E-state index is 0.132. The number of primary amides is 1. The van der Waals surface area contributed by atoms with E-state index in [1.807, 2.05) is 19.2 Å². The van der Waals surface area contributed by atoms with Crippen LogP contribution >= 0.6 is 0 Å². The number of rotatable bonds is 7. The molecular weight excluding hydrogens is 254 g/mol. The average molecular weight is 277 g/mol. The first-order valence-corrected chi connectivity index (χ1v) is 7.08. The van der Waals surface area contributed by atoms with E-state index in [9.17, 15) is 4.79 Å². The molecule has 4 N–H and O–H groups in total. The fourth-order valence-electron chi connectivity index (χ4n) is 2.57. The number of hydrogen-bond acceptors (Lipinski definition) is 4. The van der Waals surface area contributed by atoms with Crippen molar-refractivity contribution in [1.82, 2.24) is 10.6 Å². The zero-order valence-corrected chi connectivity index (χ0v) is 11.9. The minimum atomic E-state index is -0.291. The Labute approximate surface area is 119 Å². The van der Waals surface area contributed by atoms with Crippen LogP contribution in [0.25, 0.3) is 0 Å². The topological polar surface area (TPSA) is 76.4 Å². The Balaban J connectivity index is 1.97. The molecule has 5 nitrogen and oxygen atoms in total. The van der Waals surface area contributed by atoms with Gasteiger partial charge in [-0.1, -0.05) is 24.3 Å². The van der Waals surface area contributed by atoms with Crippen LogP contribution in [0.1, 0.15) is 23.6 Å². The van der Waals surface area contributed by atoms with E-state index in [4.69, 9.17) is 10.5 Å². The number of fused-ring (bicyclic) bond motifs is 1. The van der Waals surface area contributed by atoms with Gasteiger partial charge in [-0.3, -0.25) is 10.1 Å². The van der Waals surface area contributed by atoms with Crippen LogP contribution in [0, 0.1) is 0 Å². The van der Waals surface area contributed by atoms with Crippen molar-refractivity contribution in [2.75, 3.05) is 26.8 Å². The third-order valence-corrected chi connectivity index (χ3v) is 3.65. The normalized spacial score (nSPS) is 21.4. The van der Waals surface area contributed by atoms with E-state index < -0.39 is 0 Å². The maximum atomic E-state index is 11.4. The van der Waals surface area contributed by atoms with Gasteiger partial charge < -0.3 is 15.8 Å². The summed E-state index contributed by atoms with van der Waals surface area (Å²) in [6.07, 6.45) is 1.51. The largest absolute Gasteiger partial charge is 0.380 e. The number of amides is 1. The molecule has 5 heteroatoms. The Morgan fingerprint density at radius 3 is 3.00 bits per heavy atom. The lowest BCUT2D eigenvalue weighted by molar-refractivity contribution is -0.120. The van der Waals surface area contributed by atoms with E-state index in [-0.39, 0.29) is 18.0 Å². The number of carbonyl (C=O) groups is 1. The van der Waals surface area contributed by atoms with Gasteiger partial charge in [0.1, 0.15) is 0 Å². The molecule has 2 atom stereocenters. The summed E-state index contributed by atoms with van der Waals surface area (Å²) in [5, 5.41) is 6.37. The lowest BCUT2D eigenvalue weighted by Crippen LogP contribution is -2.48. The molecule has 1 aromatic carbocycles. The molecule has 1 aliphatic rings. The van der Waals surface area contributed by atoms with Crippen molar-refractivity contribution >= 4 is 5.91 Å². The Bertz CT molecular complexity index is 450. The van der Waals surface area contributed by atoms with E-state index >= 15 is 0 Å². The van der Waals surface area contributed by atoms with Crippen molar-refractivity contribution < 1.29 is 9.53 Å². The quantitative estimate of drug-likeness (QED) is 0.629. The Morgan fingerprint density at radius 2 is 2.25 bits per heavy atom. The number of hydrogen-bond donors (Lipinski definition) is 3. The van der Waals surface area contributed by atoms with E-state index in [0.29, 0.717) is 19.6 Å². The van der Waals surface area contributed by atoms with Gasteiger partial charge in [0.2, 0.25) is 5.91 Å². The molecule has 1 amide bonds. The van der Waals surface area contributed by atoms with Crippen LogP contribution in [0.4, 0.5) is 0 Å². The first-order valence-electron chi connectivity index (χ1n) is 7.08. The van der Waals surface area contributed by atoms with Crippen molar-refractivity contribution in [3.63, 3.8) is 0 Å². The van der Waals surface area contributed by atoms with Crippen LogP contribution in [0.5, 0.6) is 0 Å². The smallest absolute Gasteiger partial charge is 0.234 e. The number of ether oxygens (including phenoxy) is 1. The maximum absolute atomic E-state index is 11.4. The van der Waals surface area contributed by atoms with Gasteiger partial charge in [0.25, 0.3) is 0 Å². The van der Waals surface area contributed by atoms with Crippen molar-refractivity contribution in [3.05, 3.63) is 35.4 Å². The highest BCUT2D eigenvalue weighted by atomic mass is 16.5. The Hall–Kier alpha value is -1.43. The molecule has 0 aliphatic carbocycles. The number of benzene rings is 1. The number of carbonyl (C=O) groups excluding carboxylic acids is 1. The van der Waals surface area contributed by atoms with Crippen LogP contribution in [-0.4, -0.2) is 38.8 Å². The Morgan fingerprint density at radius 1 is 1.45 bits per heavy atom. The molecule has 0 radical (unpaired) electrons. The zero-order chi connectivity index (χ0) is 14.4. The highest BCUT2D eigenvalue weighted by molar-refractivity contribution is 5.80. The molecule has 1 heterocycles. The molecule has 0 bridgehead atoms. The molecule has 1 aliphatic heterocycles. The molecule has 110 valence electrons. The van der Waals surface area contributed by atoms with Gasteiger partial charge in [-0.25, -0.2) is 0 Å². The molecule has 2 rings (SSSR count). The summed E-state index contributed by atoms with van der Waals surface area (Å²) < 4.78 is 5.57. The average Bonchev–Trinajstić information content (AvgIpc) is 2.46. The third kappa shape index (κ3) is 3.79. The van der Waals surface area contributed by atoms with Crippen LogP contribution in [0.2, 0.25) is 0 Å². The van der Waals surface area contributed by atoms with Crippen LogP contribution < -0.4 is 16.4 Å². The molecule has 20 heavy (non-hydrogen) atoms. The van der Waals surface area contributed by atoms with Gasteiger partial charge in [0.15, 0.2) is 0 Å². The second kappa shape index (κ2) is 7.38. The van der Waals surface area contributed by atoms with Gasteiger partial charge in [-0.05, 0) is 31.0 Å². The van der Waals surface area contributed by atoms with Gasteiger partial charge >= 0.3 is 0 Å². The van der Waals surface area contributed by atoms with Gasteiger partial charge in [-0.15, -0.1) is 0 Å². The summed E-state index contributed by atoms with van der Waals surface area (Å²) >= 11 is 0. The lowest BCUT2D eigenvalue weighted by Gasteiger charge is -2.31. The molecule has 0 aromatic heterocycles. The summed E-state index contributed by atoms with van der Waals surface area (Å²) in [6, 6.07) is 8.06. The molecule has 2 unspecified atom stereocenters. The summed E-state index contributed by atoms with van der Waals surface area (Å²) in [6.45, 7) is 2.21. The fraction of sp³-hybridized carbons (Fsp3) is 0.533. The van der Waals surface area contributed by atoms with Crippen LogP contribution in [-0.2, 0) is 16.0 Å². The first kappa shape index (κ1) is 15.0. The van der Waals surface area contributed by atoms with Gasteiger partial charge in [-0.2, -0.15) is 0 Å². The SMILES string of the molecule is CNCCOCCC1NC(C(N)=O)Cc2ccccc21. The predicted molar refractivity (Wildman–Crippen MR) is 78.4 cm³/mol. The van der Waals surface area contributed by atoms with Crippen molar-refractivity contribution in [1.29, 1.82) is 0 Å². The molecular formula is C15H23N3O2. The van der Waals surface area contributed by atoms with E-state index in [0.717, 1.165) is 13.0 Å². The molecule has 0 saturated carbocycles. The van der Waals surface area contributed by atoms with E-state index in [1.165, 1.54) is 11.1 Å². The number of nitrogens with two attached hydrogens (primary N) is 1. The molecule has 0 saturated heterocycles. The summed E-state index contributed by atoms with van der Waals surface area (Å²) in [5.74, 6) is -0.291. The van der Waals surface area contributed by atoms with Gasteiger partial charge in [0.05, 0.1) is 12.6 Å². The van der Waals surface area contributed by atoms with Crippen LogP contribution in [0.3, 0.4) is 0 Å². The minimum Gasteiger partial charge on any atom is -0.380 e. The number of likely N-dealkylation sites (N-methyl/N-ethyl adjacent to an activating group) is 1. The molecule has 0 spiro atoms. The standard InChI is InChI=1S/C15H23N3O2/c1-17-7-9-20-8-6-13-12-5-3-2-4-11(12)10-14(18-13)15(16)19/h2-5,13-14,17-18H,6-10H2,1H3,(H2,16,19). The third-order valence-electron chi connectivity index (χ3n) is 3.65. The lowest BCUT2D eigenvalue weighted by atomic mass is 9.88. The first-order chi connectivity index (χ1) is 9.72. The van der Waals surface area contributed by atoms with Crippen molar-refractivity contribution in [3.8, 4) is 0 Å². The highest BCUT2D eigenvalue weighted by Gasteiger charge is 2.28. The summed E-state index contributed by atoms with van der Waals surface area (Å²) in [7, 11) is 1.90. The zero-order valence-electron chi connectivity index (χ0n) is 11.9. The molecule has 1 aromatic rings. The van der Waals surface area contributed by atoms with Crippen molar-refractivity contribution in [2.24, 2.45) is 5.73 Å². The fourth-order valence-corrected chi connectivity index (χ4v) is 2.57.